The SMILES string of the molecule is CC(F)(CC(F)(F)CC(F)(F)CC(CC(CC(CCO)C(F)(F)F)C(F)(F)F)C(F)(F)F)C(F)(F)F. The largest absolute Gasteiger partial charge is 0.422 e. The first-order chi connectivity index (χ1) is 15.5. The highest BCUT2D eigenvalue weighted by Crippen LogP contribution is 2.49. The molecule has 0 aliphatic carbocycles. The molecule has 1 nitrogen and oxygen atoms in total. The van der Waals surface area contributed by atoms with E-state index in [0.29, 0.717) is 0 Å². The summed E-state index contributed by atoms with van der Waals surface area (Å²) in [5.41, 5.74) is -4.75. The minimum atomic E-state index is -5.98. The number of hydrogen-bond donors (Lipinski definition) is 1. The average Bonchev–Trinajstić information content (AvgIpc) is 2.53. The van der Waals surface area contributed by atoms with E-state index >= 15 is 0 Å². The van der Waals surface area contributed by atoms with Crippen LogP contribution in [0.15, 0.2) is 0 Å². The van der Waals surface area contributed by atoms with E-state index in [4.69, 9.17) is 5.11 Å². The maximum absolute atomic E-state index is 14.0. The van der Waals surface area contributed by atoms with Gasteiger partial charge in [0.05, 0.1) is 30.6 Å². The van der Waals surface area contributed by atoms with Gasteiger partial charge in [0.1, 0.15) is 0 Å². The smallest absolute Gasteiger partial charge is 0.396 e. The Morgan fingerprint density at radius 2 is 0.917 bits per heavy atom. The molecular weight excluding hydrogens is 555 g/mol. The Bertz CT molecular complexity index is 671. The first kappa shape index (κ1) is 34.8. The lowest BCUT2D eigenvalue weighted by Gasteiger charge is -2.33. The van der Waals surface area contributed by atoms with Crippen LogP contribution in [0, 0.1) is 17.8 Å². The van der Waals surface area contributed by atoms with Crippen LogP contribution in [0.4, 0.5) is 74.6 Å². The molecule has 0 fully saturated rings. The number of alkyl halides is 17. The number of halogens is 17. The van der Waals surface area contributed by atoms with Crippen molar-refractivity contribution in [2.75, 3.05) is 6.61 Å². The summed E-state index contributed by atoms with van der Waals surface area (Å²) in [7, 11) is 0. The molecule has 0 aliphatic heterocycles. The van der Waals surface area contributed by atoms with Crippen molar-refractivity contribution in [3.63, 3.8) is 0 Å². The third-order valence-corrected chi connectivity index (χ3v) is 5.25. The van der Waals surface area contributed by atoms with Crippen molar-refractivity contribution >= 4 is 0 Å². The van der Waals surface area contributed by atoms with Crippen LogP contribution in [0.3, 0.4) is 0 Å². The predicted octanol–water partition coefficient (Wildman–Crippen LogP) is 8.42. The van der Waals surface area contributed by atoms with Gasteiger partial charge in [-0.3, -0.25) is 0 Å². The Morgan fingerprint density at radius 3 is 1.25 bits per heavy atom. The number of hydrogen-bond acceptors (Lipinski definition) is 1. The zero-order valence-electron chi connectivity index (χ0n) is 18.1. The molecule has 4 atom stereocenters. The zero-order valence-corrected chi connectivity index (χ0v) is 18.1. The van der Waals surface area contributed by atoms with Gasteiger partial charge in [0.2, 0.25) is 5.67 Å². The predicted molar refractivity (Wildman–Crippen MR) is 88.9 cm³/mol. The second-order valence-electron chi connectivity index (χ2n) is 8.66. The quantitative estimate of drug-likeness (QED) is 0.232. The van der Waals surface area contributed by atoms with Gasteiger partial charge in [-0.1, -0.05) is 0 Å². The summed E-state index contributed by atoms with van der Waals surface area (Å²) in [6.07, 6.45) is -38.0. The molecule has 0 amide bonds. The van der Waals surface area contributed by atoms with Crippen molar-refractivity contribution < 1.29 is 79.7 Å². The van der Waals surface area contributed by atoms with Crippen LogP contribution in [0.1, 0.15) is 45.4 Å². The molecule has 0 aromatic carbocycles. The van der Waals surface area contributed by atoms with Crippen molar-refractivity contribution in [1.29, 1.82) is 0 Å². The molecule has 0 aliphatic rings. The van der Waals surface area contributed by atoms with Gasteiger partial charge in [-0.2, -0.15) is 52.7 Å². The van der Waals surface area contributed by atoms with E-state index in [1.807, 2.05) is 0 Å². The van der Waals surface area contributed by atoms with Gasteiger partial charge in [-0.25, -0.2) is 22.0 Å². The van der Waals surface area contributed by atoms with Gasteiger partial charge in [0.15, 0.2) is 0 Å². The van der Waals surface area contributed by atoms with Crippen LogP contribution < -0.4 is 0 Å². The third-order valence-electron chi connectivity index (χ3n) is 5.25. The molecule has 0 saturated heterocycles. The van der Waals surface area contributed by atoms with Gasteiger partial charge in [-0.15, -0.1) is 0 Å². The molecule has 0 rings (SSSR count). The van der Waals surface area contributed by atoms with Crippen molar-refractivity contribution in [2.45, 2.75) is 87.7 Å². The van der Waals surface area contributed by atoms with E-state index in [9.17, 15) is 74.6 Å². The first-order valence-electron chi connectivity index (χ1n) is 9.86. The summed E-state index contributed by atoms with van der Waals surface area (Å²) < 4.78 is 224. The van der Waals surface area contributed by atoms with Crippen LogP contribution in [0.5, 0.6) is 0 Å². The molecule has 0 spiro atoms. The number of aliphatic hydroxyl groups is 1. The van der Waals surface area contributed by atoms with Crippen molar-refractivity contribution in [1.82, 2.24) is 0 Å². The molecule has 0 saturated carbocycles. The second-order valence-corrected chi connectivity index (χ2v) is 8.66. The van der Waals surface area contributed by atoms with E-state index in [1.165, 1.54) is 0 Å². The Morgan fingerprint density at radius 1 is 0.528 bits per heavy atom. The van der Waals surface area contributed by atoms with Crippen LogP contribution >= 0.6 is 0 Å². The first-order valence-corrected chi connectivity index (χ1v) is 9.86. The number of rotatable bonds is 12. The molecule has 0 aromatic rings. The van der Waals surface area contributed by atoms with Crippen molar-refractivity contribution in [2.24, 2.45) is 17.8 Å². The maximum atomic E-state index is 14.0. The van der Waals surface area contributed by atoms with Crippen LogP contribution in [0.25, 0.3) is 0 Å². The Hall–Kier alpha value is -1.23. The van der Waals surface area contributed by atoms with E-state index in [0.717, 1.165) is 0 Å². The van der Waals surface area contributed by atoms with E-state index in [-0.39, 0.29) is 0 Å². The highest BCUT2D eigenvalue weighted by atomic mass is 19.4. The average molecular weight is 576 g/mol. The summed E-state index contributed by atoms with van der Waals surface area (Å²) >= 11 is 0. The highest BCUT2D eigenvalue weighted by molar-refractivity contribution is 4.92. The summed E-state index contributed by atoms with van der Waals surface area (Å²) in [5.74, 6) is -20.9. The fourth-order valence-corrected chi connectivity index (χ4v) is 3.41. The Labute approximate surface area is 193 Å². The molecule has 0 aromatic heterocycles. The minimum Gasteiger partial charge on any atom is -0.396 e. The molecule has 218 valence electrons. The molecule has 0 heterocycles. The molecule has 18 heteroatoms. The summed E-state index contributed by atoms with van der Waals surface area (Å²) in [6.45, 7) is -1.77. The van der Waals surface area contributed by atoms with Crippen molar-refractivity contribution in [3.8, 4) is 0 Å². The Balaban J connectivity index is 5.91. The fraction of sp³-hybridized carbons (Fsp3) is 1.00. The van der Waals surface area contributed by atoms with Gasteiger partial charge < -0.3 is 5.11 Å². The van der Waals surface area contributed by atoms with E-state index in [1.54, 1.807) is 0 Å². The minimum absolute atomic E-state index is 0.449. The van der Waals surface area contributed by atoms with Gasteiger partial charge in [0.25, 0.3) is 11.8 Å². The van der Waals surface area contributed by atoms with Crippen LogP contribution in [-0.2, 0) is 0 Å². The van der Waals surface area contributed by atoms with Crippen LogP contribution in [0.2, 0.25) is 0 Å². The molecule has 0 bridgehead atoms. The lowest BCUT2D eigenvalue weighted by atomic mass is 9.81. The lowest BCUT2D eigenvalue weighted by molar-refractivity contribution is -0.254. The second kappa shape index (κ2) is 11.3. The summed E-state index contributed by atoms with van der Waals surface area (Å²) in [5, 5.41) is 8.59. The standard InChI is InChI=1S/C18H21F17O/c1-12(19,18(33,34)35)7-14(22,23)8-13(20,21)6-11(17(30,31)32)5-10(16(27,28)29)4-9(2-3-36)15(24,25)26/h9-11,36H,2-8H2,1H3. The molecular formula is C18H21F17O. The fourth-order valence-electron chi connectivity index (χ4n) is 3.41. The molecule has 36 heavy (non-hydrogen) atoms. The van der Waals surface area contributed by atoms with E-state index < -0.39 is 112 Å². The topological polar surface area (TPSA) is 20.2 Å². The molecule has 0 radical (unpaired) electrons. The summed E-state index contributed by atoms with van der Waals surface area (Å²) in [4.78, 5) is 0. The highest BCUT2D eigenvalue weighted by Gasteiger charge is 2.60. The van der Waals surface area contributed by atoms with Crippen molar-refractivity contribution in [3.05, 3.63) is 0 Å². The normalized spacial score (nSPS) is 19.1. The zero-order chi connectivity index (χ0) is 29.2. The monoisotopic (exact) mass is 576 g/mol. The molecule has 1 N–H and O–H groups in total. The third kappa shape index (κ3) is 11.4. The van der Waals surface area contributed by atoms with Gasteiger partial charge >= 0.3 is 24.7 Å². The number of aliphatic hydroxyl groups excluding tert-OH is 1. The lowest BCUT2D eigenvalue weighted by Crippen LogP contribution is -2.45. The molecule has 4 unspecified atom stereocenters. The van der Waals surface area contributed by atoms with Crippen LogP contribution in [-0.4, -0.2) is 53.9 Å². The Kier molecular flexibility index (Phi) is 10.9. The maximum Gasteiger partial charge on any atom is 0.422 e. The van der Waals surface area contributed by atoms with Gasteiger partial charge in [-0.05, 0) is 26.2 Å². The van der Waals surface area contributed by atoms with E-state index in [2.05, 4.69) is 0 Å². The van der Waals surface area contributed by atoms with Gasteiger partial charge in [0, 0.05) is 13.0 Å². The summed E-state index contributed by atoms with van der Waals surface area (Å²) in [6, 6.07) is 0.